The van der Waals surface area contributed by atoms with Gasteiger partial charge in [-0.2, -0.15) is 13.2 Å². The zero-order valence-corrected chi connectivity index (χ0v) is 9.70. The number of rotatable bonds is 2. The first-order valence-corrected chi connectivity index (χ1v) is 5.96. The van der Waals surface area contributed by atoms with E-state index in [1.54, 1.807) is 0 Å². The summed E-state index contributed by atoms with van der Waals surface area (Å²) in [5.41, 5.74) is -1.24. The van der Waals surface area contributed by atoms with Gasteiger partial charge in [-0.25, -0.2) is 4.98 Å². The van der Waals surface area contributed by atoms with Crippen LogP contribution in [0.3, 0.4) is 0 Å². The van der Waals surface area contributed by atoms with Crippen LogP contribution in [0.5, 0.6) is 0 Å². The fourth-order valence-corrected chi connectivity index (χ4v) is 2.44. The van der Waals surface area contributed by atoms with Crippen molar-refractivity contribution in [2.45, 2.75) is 30.7 Å². The van der Waals surface area contributed by atoms with Gasteiger partial charge >= 0.3 is 6.18 Å². The molecule has 1 aromatic rings. The van der Waals surface area contributed by atoms with Gasteiger partial charge in [0, 0.05) is 13.1 Å². The number of hydrogen-bond donors (Lipinski definition) is 1. The van der Waals surface area contributed by atoms with Gasteiger partial charge < -0.3 is 14.6 Å². The SMILES string of the molecule is FC(F)(F)C1(n2cncc2C2CNCCO2)CC1. The summed E-state index contributed by atoms with van der Waals surface area (Å²) >= 11 is 0. The summed E-state index contributed by atoms with van der Waals surface area (Å²) in [6.07, 6.45) is -1.58. The highest BCUT2D eigenvalue weighted by Crippen LogP contribution is 2.56. The molecule has 0 bridgehead atoms. The van der Waals surface area contributed by atoms with Crippen LogP contribution in [0, 0.1) is 0 Å². The minimum absolute atomic E-state index is 0.125. The smallest absolute Gasteiger partial charge is 0.369 e. The standard InChI is InChI=1S/C11H14F3N3O/c12-11(13,14)10(1-2-10)17-7-16-5-8(17)9-6-15-3-4-18-9/h5,7,9,15H,1-4,6H2. The molecule has 1 unspecified atom stereocenters. The summed E-state index contributed by atoms with van der Waals surface area (Å²) in [5.74, 6) is 0. The molecule has 18 heavy (non-hydrogen) atoms. The van der Waals surface area contributed by atoms with E-state index in [0.717, 1.165) is 6.54 Å². The van der Waals surface area contributed by atoms with Gasteiger partial charge in [0.1, 0.15) is 11.6 Å². The molecule has 1 aliphatic heterocycles. The molecule has 1 aromatic heterocycles. The number of aromatic nitrogens is 2. The zero-order chi connectivity index (χ0) is 12.8. The summed E-state index contributed by atoms with van der Waals surface area (Å²) in [6.45, 7) is 1.77. The highest BCUT2D eigenvalue weighted by molar-refractivity contribution is 5.16. The van der Waals surface area contributed by atoms with Crippen molar-refractivity contribution in [3.05, 3.63) is 18.2 Å². The van der Waals surface area contributed by atoms with E-state index in [9.17, 15) is 13.2 Å². The van der Waals surface area contributed by atoms with Crippen LogP contribution in [0.4, 0.5) is 13.2 Å². The molecule has 2 aliphatic rings. The molecule has 0 aromatic carbocycles. The van der Waals surface area contributed by atoms with E-state index in [1.807, 2.05) is 0 Å². The fourth-order valence-electron chi connectivity index (χ4n) is 2.44. The normalized spacial score (nSPS) is 27.2. The van der Waals surface area contributed by atoms with Gasteiger partial charge in [-0.3, -0.25) is 0 Å². The van der Waals surface area contributed by atoms with Crippen LogP contribution in [0.15, 0.2) is 12.5 Å². The summed E-state index contributed by atoms with van der Waals surface area (Å²) in [4.78, 5) is 3.87. The Balaban J connectivity index is 1.92. The molecule has 2 fully saturated rings. The van der Waals surface area contributed by atoms with Gasteiger partial charge in [-0.1, -0.05) is 0 Å². The molecule has 1 saturated heterocycles. The van der Waals surface area contributed by atoms with Crippen LogP contribution in [-0.4, -0.2) is 35.4 Å². The van der Waals surface area contributed by atoms with Gasteiger partial charge in [-0.15, -0.1) is 0 Å². The third-order valence-corrected chi connectivity index (χ3v) is 3.64. The Kier molecular flexibility index (Phi) is 2.63. The van der Waals surface area contributed by atoms with Gasteiger partial charge in [0.05, 0.1) is 24.8 Å². The first kappa shape index (κ1) is 12.0. The van der Waals surface area contributed by atoms with Gasteiger partial charge in [0.25, 0.3) is 0 Å². The molecule has 1 saturated carbocycles. The van der Waals surface area contributed by atoms with Crippen molar-refractivity contribution in [3.8, 4) is 0 Å². The Morgan fingerprint density at radius 1 is 1.44 bits per heavy atom. The number of nitrogens with zero attached hydrogens (tertiary/aromatic N) is 2. The summed E-state index contributed by atoms with van der Waals surface area (Å²) in [7, 11) is 0. The van der Waals surface area contributed by atoms with Crippen LogP contribution in [0.2, 0.25) is 0 Å². The molecular formula is C11H14F3N3O. The van der Waals surface area contributed by atoms with Gasteiger partial charge in [-0.05, 0) is 12.8 Å². The van der Waals surface area contributed by atoms with E-state index in [4.69, 9.17) is 4.74 Å². The molecule has 3 rings (SSSR count). The molecule has 0 amide bonds. The monoisotopic (exact) mass is 261 g/mol. The number of halogens is 3. The van der Waals surface area contributed by atoms with Crippen molar-refractivity contribution in [2.75, 3.05) is 19.7 Å². The highest BCUT2D eigenvalue weighted by Gasteiger charge is 2.65. The van der Waals surface area contributed by atoms with E-state index < -0.39 is 11.7 Å². The van der Waals surface area contributed by atoms with Crippen LogP contribution in [0.25, 0.3) is 0 Å². The molecule has 0 spiro atoms. The quantitative estimate of drug-likeness (QED) is 0.878. The minimum Gasteiger partial charge on any atom is -0.369 e. The van der Waals surface area contributed by atoms with E-state index in [-0.39, 0.29) is 18.9 Å². The van der Waals surface area contributed by atoms with Crippen LogP contribution in [0.1, 0.15) is 24.6 Å². The number of imidazole rings is 1. The van der Waals surface area contributed by atoms with Crippen molar-refractivity contribution >= 4 is 0 Å². The fraction of sp³-hybridized carbons (Fsp3) is 0.727. The Bertz CT molecular complexity index is 433. The minimum atomic E-state index is -4.23. The molecule has 1 N–H and O–H groups in total. The Morgan fingerprint density at radius 2 is 2.22 bits per heavy atom. The lowest BCUT2D eigenvalue weighted by molar-refractivity contribution is -0.181. The average molecular weight is 261 g/mol. The van der Waals surface area contributed by atoms with E-state index in [1.165, 1.54) is 17.1 Å². The summed E-state index contributed by atoms with van der Waals surface area (Å²) < 4.78 is 46.1. The number of ether oxygens (including phenoxy) is 1. The molecule has 1 aliphatic carbocycles. The van der Waals surface area contributed by atoms with Crippen LogP contribution in [-0.2, 0) is 10.3 Å². The van der Waals surface area contributed by atoms with Gasteiger partial charge in [0.2, 0.25) is 0 Å². The van der Waals surface area contributed by atoms with Crippen LogP contribution >= 0.6 is 0 Å². The second-order valence-electron chi connectivity index (χ2n) is 4.78. The molecule has 1 atom stereocenters. The third kappa shape index (κ3) is 1.73. The number of alkyl halides is 3. The van der Waals surface area contributed by atoms with Crippen molar-refractivity contribution < 1.29 is 17.9 Å². The summed E-state index contributed by atoms with van der Waals surface area (Å²) in [6, 6.07) is 0. The molecule has 2 heterocycles. The largest absolute Gasteiger partial charge is 0.411 e. The number of hydrogen-bond acceptors (Lipinski definition) is 3. The van der Waals surface area contributed by atoms with E-state index in [2.05, 4.69) is 10.3 Å². The van der Waals surface area contributed by atoms with Gasteiger partial charge in [0.15, 0.2) is 0 Å². The topological polar surface area (TPSA) is 39.1 Å². The second kappa shape index (κ2) is 3.96. The van der Waals surface area contributed by atoms with Crippen molar-refractivity contribution in [1.29, 1.82) is 0 Å². The molecular weight excluding hydrogens is 247 g/mol. The predicted molar refractivity (Wildman–Crippen MR) is 57.1 cm³/mol. The number of nitrogens with one attached hydrogen (secondary N) is 1. The molecule has 100 valence electrons. The molecule has 7 heteroatoms. The second-order valence-corrected chi connectivity index (χ2v) is 4.78. The van der Waals surface area contributed by atoms with E-state index in [0.29, 0.717) is 18.8 Å². The Labute approximate surface area is 102 Å². The molecule has 4 nitrogen and oxygen atoms in total. The van der Waals surface area contributed by atoms with E-state index >= 15 is 0 Å². The highest BCUT2D eigenvalue weighted by atomic mass is 19.4. The van der Waals surface area contributed by atoms with Crippen molar-refractivity contribution in [2.24, 2.45) is 0 Å². The Hall–Kier alpha value is -1.08. The average Bonchev–Trinajstić information content (AvgIpc) is 3.02. The van der Waals surface area contributed by atoms with Crippen LogP contribution < -0.4 is 5.32 Å². The maximum absolute atomic E-state index is 13.1. The Morgan fingerprint density at radius 3 is 2.78 bits per heavy atom. The predicted octanol–water partition coefficient (Wildman–Crippen LogP) is 1.60. The lowest BCUT2D eigenvalue weighted by Gasteiger charge is -2.28. The maximum Gasteiger partial charge on any atom is 0.411 e. The maximum atomic E-state index is 13.1. The summed E-state index contributed by atoms with van der Waals surface area (Å²) in [5, 5.41) is 3.11. The lowest BCUT2D eigenvalue weighted by atomic mass is 10.2. The first-order chi connectivity index (χ1) is 8.55. The molecule has 0 radical (unpaired) electrons. The lowest BCUT2D eigenvalue weighted by Crippen LogP contribution is -2.39. The number of morpholine rings is 1. The third-order valence-electron chi connectivity index (χ3n) is 3.64. The van der Waals surface area contributed by atoms with Crippen molar-refractivity contribution in [1.82, 2.24) is 14.9 Å². The van der Waals surface area contributed by atoms with Crippen molar-refractivity contribution in [3.63, 3.8) is 0 Å². The first-order valence-electron chi connectivity index (χ1n) is 5.96. The zero-order valence-electron chi connectivity index (χ0n) is 9.70.